The Kier molecular flexibility index (Phi) is 5.18. The summed E-state index contributed by atoms with van der Waals surface area (Å²) < 4.78 is 14.4. The third-order valence-electron chi connectivity index (χ3n) is 3.94. The fourth-order valence-electron chi connectivity index (χ4n) is 2.87. The van der Waals surface area contributed by atoms with Gasteiger partial charge in [-0.15, -0.1) is 0 Å². The summed E-state index contributed by atoms with van der Waals surface area (Å²) >= 11 is 3.37. The number of aliphatic hydroxyl groups excluding tert-OH is 1. The van der Waals surface area contributed by atoms with Crippen LogP contribution in [0.4, 0.5) is 4.39 Å². The van der Waals surface area contributed by atoms with E-state index in [1.807, 2.05) is 19.9 Å². The van der Waals surface area contributed by atoms with Gasteiger partial charge in [0.1, 0.15) is 5.82 Å². The minimum atomic E-state index is -0.340. The number of rotatable bonds is 4. The van der Waals surface area contributed by atoms with Gasteiger partial charge in [0.15, 0.2) is 0 Å². The summed E-state index contributed by atoms with van der Waals surface area (Å²) in [5, 5.41) is 13.1. The molecule has 2 rings (SSSR count). The molecular formula is C15H22BrFN2O. The summed E-state index contributed by atoms with van der Waals surface area (Å²) in [5.41, 5.74) is 0.569. The number of piperazine rings is 1. The molecule has 1 heterocycles. The van der Waals surface area contributed by atoms with E-state index in [0.717, 1.165) is 31.7 Å². The first kappa shape index (κ1) is 15.9. The monoisotopic (exact) mass is 344 g/mol. The van der Waals surface area contributed by atoms with Gasteiger partial charge in [-0.25, -0.2) is 4.39 Å². The predicted octanol–water partition coefficient (Wildman–Crippen LogP) is 2.55. The topological polar surface area (TPSA) is 35.5 Å². The van der Waals surface area contributed by atoms with Crippen molar-refractivity contribution in [3.05, 3.63) is 34.1 Å². The molecule has 0 amide bonds. The molecule has 0 aliphatic carbocycles. The van der Waals surface area contributed by atoms with Gasteiger partial charge in [0, 0.05) is 44.2 Å². The molecule has 0 radical (unpaired) electrons. The molecular weight excluding hydrogens is 323 g/mol. The van der Waals surface area contributed by atoms with E-state index in [9.17, 15) is 9.50 Å². The number of hydrogen-bond acceptors (Lipinski definition) is 3. The number of halogens is 2. The summed E-state index contributed by atoms with van der Waals surface area (Å²) in [6, 6.07) is 5.11. The summed E-state index contributed by atoms with van der Waals surface area (Å²) in [4.78, 5) is 2.33. The van der Waals surface area contributed by atoms with E-state index in [2.05, 4.69) is 26.1 Å². The molecule has 112 valence electrons. The van der Waals surface area contributed by atoms with Gasteiger partial charge in [-0.2, -0.15) is 0 Å². The van der Waals surface area contributed by atoms with Gasteiger partial charge >= 0.3 is 0 Å². The average Bonchev–Trinajstić information content (AvgIpc) is 2.45. The Balaban J connectivity index is 2.42. The summed E-state index contributed by atoms with van der Waals surface area (Å²) in [5.74, 6) is -0.253. The lowest BCUT2D eigenvalue weighted by molar-refractivity contribution is 0.0300. The predicted molar refractivity (Wildman–Crippen MR) is 82.2 cm³/mol. The van der Waals surface area contributed by atoms with Crippen LogP contribution in [0.1, 0.15) is 25.5 Å². The quantitative estimate of drug-likeness (QED) is 0.881. The molecule has 1 aliphatic heterocycles. The fraction of sp³-hybridized carbons (Fsp3) is 0.600. The third kappa shape index (κ3) is 3.22. The Morgan fingerprint density at radius 1 is 1.40 bits per heavy atom. The number of aliphatic hydroxyl groups is 1. The summed E-state index contributed by atoms with van der Waals surface area (Å²) in [7, 11) is 0. The molecule has 5 heteroatoms. The molecule has 0 spiro atoms. The van der Waals surface area contributed by atoms with Crippen LogP contribution in [0, 0.1) is 11.2 Å². The highest BCUT2D eigenvalue weighted by molar-refractivity contribution is 9.10. The van der Waals surface area contributed by atoms with E-state index in [1.54, 1.807) is 6.07 Å². The maximum atomic E-state index is 13.9. The standard InChI is InChI=1S/C15H22BrFN2O/c1-15(2,10-20)14(19-8-6-18-7-9-19)11-4-3-5-12(17)13(11)16/h3-5,14,18,20H,6-10H2,1-2H3/t14-/m0/s1. The molecule has 20 heavy (non-hydrogen) atoms. The first-order valence-electron chi connectivity index (χ1n) is 6.97. The van der Waals surface area contributed by atoms with E-state index in [0.29, 0.717) is 4.47 Å². The SMILES string of the molecule is CC(C)(CO)[C@H](c1cccc(F)c1Br)N1CCNCC1. The van der Waals surface area contributed by atoms with Crippen LogP contribution >= 0.6 is 15.9 Å². The average molecular weight is 345 g/mol. The Bertz CT molecular complexity index is 461. The zero-order chi connectivity index (χ0) is 14.8. The van der Waals surface area contributed by atoms with Crippen molar-refractivity contribution in [2.75, 3.05) is 32.8 Å². The van der Waals surface area contributed by atoms with Crippen molar-refractivity contribution in [3.8, 4) is 0 Å². The van der Waals surface area contributed by atoms with Crippen LogP contribution in [0.5, 0.6) is 0 Å². The molecule has 1 fully saturated rings. The van der Waals surface area contributed by atoms with Crippen molar-refractivity contribution in [1.82, 2.24) is 10.2 Å². The van der Waals surface area contributed by atoms with E-state index in [1.165, 1.54) is 6.07 Å². The van der Waals surface area contributed by atoms with Crippen LogP contribution in [0.15, 0.2) is 22.7 Å². The first-order valence-corrected chi connectivity index (χ1v) is 7.76. The van der Waals surface area contributed by atoms with Gasteiger partial charge in [-0.05, 0) is 27.6 Å². The third-order valence-corrected chi connectivity index (χ3v) is 4.78. The summed E-state index contributed by atoms with van der Waals surface area (Å²) in [6.45, 7) is 7.75. The Labute approximate surface area is 128 Å². The molecule has 1 aromatic rings. The second-order valence-corrected chi connectivity index (χ2v) is 6.77. The van der Waals surface area contributed by atoms with Crippen LogP contribution in [0.25, 0.3) is 0 Å². The minimum Gasteiger partial charge on any atom is -0.396 e. The van der Waals surface area contributed by atoms with Crippen LogP contribution < -0.4 is 5.32 Å². The van der Waals surface area contributed by atoms with Gasteiger partial charge in [0.05, 0.1) is 4.47 Å². The molecule has 2 N–H and O–H groups in total. The molecule has 0 saturated carbocycles. The molecule has 1 aromatic carbocycles. The molecule has 0 bridgehead atoms. The lowest BCUT2D eigenvalue weighted by atomic mass is 9.79. The van der Waals surface area contributed by atoms with E-state index in [4.69, 9.17) is 0 Å². The normalized spacial score (nSPS) is 19.1. The highest BCUT2D eigenvalue weighted by atomic mass is 79.9. The molecule has 0 aromatic heterocycles. The maximum absolute atomic E-state index is 13.9. The lowest BCUT2D eigenvalue weighted by Crippen LogP contribution is -2.49. The second kappa shape index (κ2) is 6.52. The number of benzene rings is 1. The maximum Gasteiger partial charge on any atom is 0.137 e. The van der Waals surface area contributed by atoms with Crippen molar-refractivity contribution in [1.29, 1.82) is 0 Å². The number of nitrogens with zero attached hydrogens (tertiary/aromatic N) is 1. The highest BCUT2D eigenvalue weighted by Crippen LogP contribution is 2.41. The van der Waals surface area contributed by atoms with Crippen molar-refractivity contribution >= 4 is 15.9 Å². The van der Waals surface area contributed by atoms with Gasteiger partial charge in [0.2, 0.25) is 0 Å². The van der Waals surface area contributed by atoms with Crippen molar-refractivity contribution < 1.29 is 9.50 Å². The summed E-state index contributed by atoms with van der Waals surface area (Å²) in [6.07, 6.45) is 0. The number of nitrogens with one attached hydrogen (secondary N) is 1. The van der Waals surface area contributed by atoms with Crippen LogP contribution in [-0.4, -0.2) is 42.8 Å². The lowest BCUT2D eigenvalue weighted by Gasteiger charge is -2.43. The van der Waals surface area contributed by atoms with Crippen LogP contribution in [0.3, 0.4) is 0 Å². The van der Waals surface area contributed by atoms with E-state index < -0.39 is 0 Å². The fourth-order valence-corrected chi connectivity index (χ4v) is 3.35. The minimum absolute atomic E-state index is 0.0142. The molecule has 3 nitrogen and oxygen atoms in total. The molecule has 0 unspecified atom stereocenters. The van der Waals surface area contributed by atoms with Crippen molar-refractivity contribution in [3.63, 3.8) is 0 Å². The van der Waals surface area contributed by atoms with Crippen molar-refractivity contribution in [2.24, 2.45) is 5.41 Å². The Morgan fingerprint density at radius 3 is 2.65 bits per heavy atom. The van der Waals surface area contributed by atoms with Crippen LogP contribution in [0.2, 0.25) is 0 Å². The van der Waals surface area contributed by atoms with Gasteiger partial charge in [-0.3, -0.25) is 4.90 Å². The highest BCUT2D eigenvalue weighted by Gasteiger charge is 2.37. The molecule has 1 atom stereocenters. The zero-order valence-corrected chi connectivity index (χ0v) is 13.6. The second-order valence-electron chi connectivity index (χ2n) is 5.98. The van der Waals surface area contributed by atoms with Gasteiger partial charge in [-0.1, -0.05) is 26.0 Å². The number of hydrogen-bond donors (Lipinski definition) is 2. The van der Waals surface area contributed by atoms with Gasteiger partial charge < -0.3 is 10.4 Å². The van der Waals surface area contributed by atoms with Gasteiger partial charge in [0.25, 0.3) is 0 Å². The largest absolute Gasteiger partial charge is 0.396 e. The van der Waals surface area contributed by atoms with E-state index >= 15 is 0 Å². The van der Waals surface area contributed by atoms with E-state index in [-0.39, 0.29) is 23.9 Å². The molecule has 1 saturated heterocycles. The molecule has 1 aliphatic rings. The smallest absolute Gasteiger partial charge is 0.137 e. The Morgan fingerprint density at radius 2 is 2.05 bits per heavy atom. The van der Waals surface area contributed by atoms with Crippen LogP contribution in [-0.2, 0) is 0 Å². The Hall–Kier alpha value is -0.490. The zero-order valence-electron chi connectivity index (χ0n) is 12.0. The first-order chi connectivity index (χ1) is 9.47. The van der Waals surface area contributed by atoms with Crippen molar-refractivity contribution in [2.45, 2.75) is 19.9 Å².